The lowest BCUT2D eigenvalue weighted by Gasteiger charge is -2.16. The van der Waals surface area contributed by atoms with Crippen LogP contribution in [-0.2, 0) is 6.54 Å². The van der Waals surface area contributed by atoms with Crippen LogP contribution in [0.25, 0.3) is 0 Å². The third-order valence-corrected chi connectivity index (χ3v) is 4.27. The number of hydrogen-bond donors (Lipinski definition) is 1. The van der Waals surface area contributed by atoms with Gasteiger partial charge in [0.2, 0.25) is 0 Å². The minimum atomic E-state index is 0.288. The van der Waals surface area contributed by atoms with E-state index >= 15 is 0 Å². The van der Waals surface area contributed by atoms with Gasteiger partial charge < -0.3 is 14.8 Å². The van der Waals surface area contributed by atoms with E-state index in [-0.39, 0.29) is 5.92 Å². The van der Waals surface area contributed by atoms with Crippen LogP contribution in [0.1, 0.15) is 17.0 Å². The van der Waals surface area contributed by atoms with E-state index in [2.05, 4.69) is 33.4 Å². The van der Waals surface area contributed by atoms with E-state index in [9.17, 15) is 0 Å². The highest BCUT2D eigenvalue weighted by Crippen LogP contribution is 2.35. The van der Waals surface area contributed by atoms with Crippen molar-refractivity contribution in [1.82, 2.24) is 5.32 Å². The zero-order valence-electron chi connectivity index (χ0n) is 11.9. The highest BCUT2D eigenvalue weighted by Gasteiger charge is 2.24. The van der Waals surface area contributed by atoms with E-state index in [4.69, 9.17) is 9.47 Å². The normalized spacial score (nSPS) is 16.4. The summed E-state index contributed by atoms with van der Waals surface area (Å²) in [5, 5.41) is 3.17. The van der Waals surface area contributed by atoms with Gasteiger partial charge in [-0.15, -0.1) is 0 Å². The maximum Gasteiger partial charge on any atom is 0.137 e. The second-order valence-electron chi connectivity index (χ2n) is 5.12. The highest BCUT2D eigenvalue weighted by molar-refractivity contribution is 9.10. The van der Waals surface area contributed by atoms with Crippen molar-refractivity contribution < 1.29 is 9.47 Å². The van der Waals surface area contributed by atoms with E-state index in [1.54, 1.807) is 0 Å². The predicted octanol–water partition coefficient (Wildman–Crippen LogP) is 3.72. The van der Waals surface area contributed by atoms with Crippen molar-refractivity contribution in [3.05, 3.63) is 58.1 Å². The van der Waals surface area contributed by atoms with Crippen LogP contribution in [-0.4, -0.2) is 20.3 Å². The molecule has 0 bridgehead atoms. The Morgan fingerprint density at radius 1 is 1.24 bits per heavy atom. The summed E-state index contributed by atoms with van der Waals surface area (Å²) >= 11 is 3.57. The molecule has 1 N–H and O–H groups in total. The average molecular weight is 348 g/mol. The molecule has 1 aliphatic heterocycles. The van der Waals surface area contributed by atoms with Crippen molar-refractivity contribution in [3.63, 3.8) is 0 Å². The first kappa shape index (κ1) is 14.4. The molecule has 0 spiro atoms. The molecule has 0 aromatic heterocycles. The predicted molar refractivity (Wildman–Crippen MR) is 87.1 cm³/mol. The molecule has 1 atom stereocenters. The van der Waals surface area contributed by atoms with Gasteiger partial charge in [0.1, 0.15) is 11.5 Å². The molecule has 4 heteroatoms. The van der Waals surface area contributed by atoms with Crippen LogP contribution in [0.5, 0.6) is 11.5 Å². The van der Waals surface area contributed by atoms with Crippen molar-refractivity contribution in [2.75, 3.05) is 20.3 Å². The topological polar surface area (TPSA) is 30.5 Å². The fourth-order valence-corrected chi connectivity index (χ4v) is 3.12. The Morgan fingerprint density at radius 2 is 2.10 bits per heavy atom. The molecule has 2 aromatic carbocycles. The summed E-state index contributed by atoms with van der Waals surface area (Å²) < 4.78 is 12.8. The van der Waals surface area contributed by atoms with Gasteiger partial charge in [0.25, 0.3) is 0 Å². The molecule has 0 saturated heterocycles. The molecule has 0 radical (unpaired) electrons. The summed E-state index contributed by atoms with van der Waals surface area (Å²) in [6.45, 7) is 2.09. The second kappa shape index (κ2) is 6.50. The number of benzene rings is 2. The number of ether oxygens (including phenoxy) is 2. The largest absolute Gasteiger partial charge is 0.493 e. The first-order valence-electron chi connectivity index (χ1n) is 7.06. The molecule has 0 aliphatic carbocycles. The number of nitrogens with one attached hydrogen (secondary N) is 1. The second-order valence-corrected chi connectivity index (χ2v) is 5.97. The monoisotopic (exact) mass is 347 g/mol. The third-order valence-electron chi connectivity index (χ3n) is 3.64. The van der Waals surface area contributed by atoms with Crippen LogP contribution in [0.4, 0.5) is 0 Å². The Balaban J connectivity index is 1.74. The first-order chi connectivity index (χ1) is 10.3. The van der Waals surface area contributed by atoms with E-state index in [1.165, 1.54) is 5.56 Å². The zero-order valence-corrected chi connectivity index (χ0v) is 13.5. The maximum absolute atomic E-state index is 6.09. The minimum absolute atomic E-state index is 0.288. The van der Waals surface area contributed by atoms with Gasteiger partial charge in [-0.25, -0.2) is 0 Å². The van der Waals surface area contributed by atoms with Crippen molar-refractivity contribution in [1.29, 1.82) is 0 Å². The molecule has 0 amide bonds. The molecular formula is C17H18BrNO2. The highest BCUT2D eigenvalue weighted by atomic mass is 79.9. The average Bonchev–Trinajstić information content (AvgIpc) is 2.90. The molecule has 2 aromatic rings. The van der Waals surface area contributed by atoms with Gasteiger partial charge in [0.15, 0.2) is 0 Å². The SMILES string of the molecule is CNCc1cccc(Br)c1OCC1COc2ccccc21. The summed E-state index contributed by atoms with van der Waals surface area (Å²) in [7, 11) is 1.94. The molecule has 0 fully saturated rings. The van der Waals surface area contributed by atoms with Crippen molar-refractivity contribution >= 4 is 15.9 Å². The van der Waals surface area contributed by atoms with Crippen LogP contribution in [0.15, 0.2) is 46.9 Å². The van der Waals surface area contributed by atoms with Crippen LogP contribution >= 0.6 is 15.9 Å². The van der Waals surface area contributed by atoms with E-state index in [1.807, 2.05) is 37.4 Å². The molecule has 3 rings (SSSR count). The Kier molecular flexibility index (Phi) is 4.46. The van der Waals surface area contributed by atoms with Crippen LogP contribution in [0.3, 0.4) is 0 Å². The Hall–Kier alpha value is -1.52. The van der Waals surface area contributed by atoms with Crippen LogP contribution < -0.4 is 14.8 Å². The lowest BCUT2D eigenvalue weighted by molar-refractivity contribution is 0.245. The molecule has 110 valence electrons. The van der Waals surface area contributed by atoms with Crippen molar-refractivity contribution in [2.24, 2.45) is 0 Å². The first-order valence-corrected chi connectivity index (χ1v) is 7.85. The summed E-state index contributed by atoms with van der Waals surface area (Å²) in [6.07, 6.45) is 0. The maximum atomic E-state index is 6.09. The van der Waals surface area contributed by atoms with E-state index < -0.39 is 0 Å². The van der Waals surface area contributed by atoms with Crippen molar-refractivity contribution in [3.8, 4) is 11.5 Å². The van der Waals surface area contributed by atoms with E-state index in [0.29, 0.717) is 13.2 Å². The minimum Gasteiger partial charge on any atom is -0.493 e. The number of fused-ring (bicyclic) bond motifs is 1. The van der Waals surface area contributed by atoms with Gasteiger partial charge in [-0.05, 0) is 35.1 Å². The third kappa shape index (κ3) is 3.06. The molecule has 1 aliphatic rings. The summed E-state index contributed by atoms with van der Waals surface area (Å²) in [5.74, 6) is 2.18. The molecule has 21 heavy (non-hydrogen) atoms. The fraction of sp³-hybridized carbons (Fsp3) is 0.294. The van der Waals surface area contributed by atoms with Crippen molar-refractivity contribution in [2.45, 2.75) is 12.5 Å². The van der Waals surface area contributed by atoms with E-state index in [0.717, 1.165) is 28.1 Å². The molecule has 1 unspecified atom stereocenters. The molecule has 1 heterocycles. The number of rotatable bonds is 5. The summed E-state index contributed by atoms with van der Waals surface area (Å²) in [6, 6.07) is 14.3. The van der Waals surface area contributed by atoms with Crippen LogP contribution in [0, 0.1) is 0 Å². The van der Waals surface area contributed by atoms with Gasteiger partial charge in [0.05, 0.1) is 23.6 Å². The standard InChI is InChI=1S/C17H18BrNO2/c1-19-9-12-5-4-7-15(18)17(12)21-11-13-10-20-16-8-3-2-6-14(13)16/h2-8,13,19H,9-11H2,1H3. The fourth-order valence-electron chi connectivity index (χ4n) is 2.60. The Bertz CT molecular complexity index is 630. The van der Waals surface area contributed by atoms with Crippen LogP contribution in [0.2, 0.25) is 0 Å². The Labute approximate surface area is 133 Å². The number of para-hydroxylation sites is 2. The smallest absolute Gasteiger partial charge is 0.137 e. The Morgan fingerprint density at radius 3 is 2.95 bits per heavy atom. The van der Waals surface area contributed by atoms with Gasteiger partial charge in [-0.1, -0.05) is 30.3 Å². The lowest BCUT2D eigenvalue weighted by atomic mass is 10.0. The molecule has 3 nitrogen and oxygen atoms in total. The van der Waals surface area contributed by atoms with Gasteiger partial charge in [-0.2, -0.15) is 0 Å². The number of halogens is 1. The lowest BCUT2D eigenvalue weighted by Crippen LogP contribution is -2.14. The zero-order chi connectivity index (χ0) is 14.7. The number of hydrogen-bond acceptors (Lipinski definition) is 3. The summed E-state index contributed by atoms with van der Waals surface area (Å²) in [5.41, 5.74) is 2.39. The quantitative estimate of drug-likeness (QED) is 0.893. The van der Waals surface area contributed by atoms with Gasteiger partial charge in [-0.3, -0.25) is 0 Å². The summed E-state index contributed by atoms with van der Waals surface area (Å²) in [4.78, 5) is 0. The molecule has 0 saturated carbocycles. The van der Waals surface area contributed by atoms with Gasteiger partial charge in [0, 0.05) is 17.7 Å². The van der Waals surface area contributed by atoms with Gasteiger partial charge >= 0.3 is 0 Å². The molecular weight excluding hydrogens is 330 g/mol.